The smallest absolute Gasteiger partial charge is 0.166 e. The molecule has 0 aromatic heterocycles. The third-order valence-corrected chi connectivity index (χ3v) is 4.50. The molecule has 5 nitrogen and oxygen atoms in total. The summed E-state index contributed by atoms with van der Waals surface area (Å²) in [5.41, 5.74) is 6.94. The van der Waals surface area contributed by atoms with Crippen LogP contribution in [0.2, 0.25) is 0 Å². The van der Waals surface area contributed by atoms with Gasteiger partial charge in [0, 0.05) is 5.56 Å². The molecule has 0 amide bonds. The number of thiocarbonyl (C=S) groups is 1. The van der Waals surface area contributed by atoms with Crippen molar-refractivity contribution in [1.29, 1.82) is 0 Å². The van der Waals surface area contributed by atoms with Crippen LogP contribution in [0, 0.1) is 0 Å². The van der Waals surface area contributed by atoms with E-state index in [9.17, 15) is 0 Å². The molecule has 1 saturated heterocycles. The molecule has 1 aliphatic heterocycles. The summed E-state index contributed by atoms with van der Waals surface area (Å²) in [6.45, 7) is 6.15. The third kappa shape index (κ3) is 3.57. The summed E-state index contributed by atoms with van der Waals surface area (Å²) in [6, 6.07) is 6.54. The van der Waals surface area contributed by atoms with Gasteiger partial charge in [-0.25, -0.2) is 0 Å². The van der Waals surface area contributed by atoms with Crippen molar-refractivity contribution >= 4 is 17.3 Å². The predicted molar refractivity (Wildman–Crippen MR) is 87.0 cm³/mol. The summed E-state index contributed by atoms with van der Waals surface area (Å²) in [4.78, 5) is 3.61. The van der Waals surface area contributed by atoms with Gasteiger partial charge in [0.2, 0.25) is 0 Å². The summed E-state index contributed by atoms with van der Waals surface area (Å²) in [5.74, 6) is 1.55. The van der Waals surface area contributed by atoms with Crippen molar-refractivity contribution < 1.29 is 14.4 Å². The highest BCUT2D eigenvalue weighted by Gasteiger charge is 2.26. The van der Waals surface area contributed by atoms with Crippen LogP contribution in [0.4, 0.5) is 0 Å². The molecular formula is C15H24N3O2S+. The molecule has 2 rings (SSSR count). The molecule has 1 aliphatic rings. The Morgan fingerprint density at radius 1 is 1.24 bits per heavy atom. The first-order chi connectivity index (χ1) is 10.1. The van der Waals surface area contributed by atoms with E-state index < -0.39 is 0 Å². The van der Waals surface area contributed by atoms with Crippen LogP contribution in [0.3, 0.4) is 0 Å². The number of quaternary nitrogens is 1. The molecule has 3 N–H and O–H groups in total. The Balaban J connectivity index is 2.07. The van der Waals surface area contributed by atoms with E-state index in [1.54, 1.807) is 14.2 Å². The Kier molecular flexibility index (Phi) is 5.25. The maximum Gasteiger partial charge on any atom is 0.166 e. The van der Waals surface area contributed by atoms with Gasteiger partial charge in [-0.2, -0.15) is 0 Å². The quantitative estimate of drug-likeness (QED) is 0.779. The van der Waals surface area contributed by atoms with Gasteiger partial charge in [-0.3, -0.25) is 0 Å². The fourth-order valence-electron chi connectivity index (χ4n) is 2.81. The fraction of sp³-hybridized carbons (Fsp3) is 0.533. The fourth-order valence-corrected chi connectivity index (χ4v) is 2.99. The molecule has 0 unspecified atom stereocenters. The minimum atomic E-state index is 0.401. The number of nitrogens with zero attached hydrogens (tertiary/aromatic N) is 1. The van der Waals surface area contributed by atoms with Crippen LogP contribution in [0.5, 0.6) is 11.5 Å². The van der Waals surface area contributed by atoms with Crippen molar-refractivity contribution in [2.24, 2.45) is 5.73 Å². The molecule has 1 aromatic carbocycles. The molecule has 1 atom stereocenters. The van der Waals surface area contributed by atoms with Crippen LogP contribution in [-0.4, -0.2) is 50.4 Å². The van der Waals surface area contributed by atoms with Crippen LogP contribution in [0.1, 0.15) is 18.5 Å². The van der Waals surface area contributed by atoms with Crippen molar-refractivity contribution in [2.75, 3.05) is 40.4 Å². The van der Waals surface area contributed by atoms with Crippen molar-refractivity contribution in [3.8, 4) is 11.5 Å². The number of hydrogen-bond acceptors (Lipinski definition) is 3. The maximum absolute atomic E-state index is 5.69. The minimum Gasteiger partial charge on any atom is -0.493 e. The molecule has 1 aromatic rings. The van der Waals surface area contributed by atoms with Crippen LogP contribution < -0.4 is 20.1 Å². The first-order valence-electron chi connectivity index (χ1n) is 7.17. The van der Waals surface area contributed by atoms with Gasteiger partial charge < -0.3 is 25.0 Å². The Hall–Kier alpha value is -1.53. The van der Waals surface area contributed by atoms with E-state index in [1.165, 1.54) is 10.5 Å². The molecule has 21 heavy (non-hydrogen) atoms. The van der Waals surface area contributed by atoms with E-state index in [1.807, 2.05) is 6.07 Å². The number of hydrogen-bond donors (Lipinski definition) is 2. The van der Waals surface area contributed by atoms with Crippen molar-refractivity contribution in [3.05, 3.63) is 23.8 Å². The van der Waals surface area contributed by atoms with Gasteiger partial charge >= 0.3 is 0 Å². The van der Waals surface area contributed by atoms with Gasteiger partial charge in [0.15, 0.2) is 16.6 Å². The Morgan fingerprint density at radius 3 is 2.38 bits per heavy atom. The van der Waals surface area contributed by atoms with Gasteiger partial charge in [-0.15, -0.1) is 0 Å². The third-order valence-electron chi connectivity index (χ3n) is 4.24. The maximum atomic E-state index is 5.69. The lowest BCUT2D eigenvalue weighted by atomic mass is 10.1. The van der Waals surface area contributed by atoms with Gasteiger partial charge in [-0.1, -0.05) is 0 Å². The molecular weight excluding hydrogens is 286 g/mol. The number of rotatable bonds is 4. The number of piperazine rings is 1. The molecule has 1 fully saturated rings. The number of nitrogens with one attached hydrogen (secondary N) is 1. The highest BCUT2D eigenvalue weighted by atomic mass is 32.1. The van der Waals surface area contributed by atoms with Crippen LogP contribution in [0.15, 0.2) is 18.2 Å². The molecule has 116 valence electrons. The van der Waals surface area contributed by atoms with E-state index >= 15 is 0 Å². The zero-order valence-electron chi connectivity index (χ0n) is 12.9. The molecule has 6 heteroatoms. The summed E-state index contributed by atoms with van der Waals surface area (Å²) in [7, 11) is 3.32. The summed E-state index contributed by atoms with van der Waals surface area (Å²) in [5, 5.41) is 0.507. The van der Waals surface area contributed by atoms with Gasteiger partial charge in [0.25, 0.3) is 0 Å². The second-order valence-electron chi connectivity index (χ2n) is 5.32. The highest BCUT2D eigenvalue weighted by Crippen LogP contribution is 2.29. The molecule has 0 radical (unpaired) electrons. The Labute approximate surface area is 131 Å². The SMILES string of the molecule is COc1ccc([C@H](C)[NH+]2CCN(C(N)=S)CC2)cc1OC. The second kappa shape index (κ2) is 6.95. The van der Waals surface area contributed by atoms with E-state index in [-0.39, 0.29) is 0 Å². The molecule has 0 spiro atoms. The monoisotopic (exact) mass is 310 g/mol. The number of ether oxygens (including phenoxy) is 2. The van der Waals surface area contributed by atoms with Gasteiger partial charge in [0.1, 0.15) is 6.04 Å². The van der Waals surface area contributed by atoms with E-state index in [0.29, 0.717) is 11.2 Å². The largest absolute Gasteiger partial charge is 0.493 e. The molecule has 0 saturated carbocycles. The van der Waals surface area contributed by atoms with Crippen LogP contribution >= 0.6 is 12.2 Å². The van der Waals surface area contributed by atoms with E-state index in [4.69, 9.17) is 27.4 Å². The summed E-state index contributed by atoms with van der Waals surface area (Å²) >= 11 is 5.04. The lowest BCUT2D eigenvalue weighted by molar-refractivity contribution is -0.933. The molecule has 1 heterocycles. The first-order valence-corrected chi connectivity index (χ1v) is 7.58. The summed E-state index contributed by atoms with van der Waals surface area (Å²) in [6.07, 6.45) is 0. The van der Waals surface area contributed by atoms with Crippen molar-refractivity contribution in [3.63, 3.8) is 0 Å². The van der Waals surface area contributed by atoms with Gasteiger partial charge in [-0.05, 0) is 37.3 Å². The van der Waals surface area contributed by atoms with Crippen molar-refractivity contribution in [1.82, 2.24) is 4.90 Å². The zero-order valence-corrected chi connectivity index (χ0v) is 13.7. The topological polar surface area (TPSA) is 52.2 Å². The zero-order chi connectivity index (χ0) is 15.4. The first kappa shape index (κ1) is 15.9. The average molecular weight is 310 g/mol. The Morgan fingerprint density at radius 2 is 1.86 bits per heavy atom. The Bertz CT molecular complexity index is 502. The second-order valence-corrected chi connectivity index (χ2v) is 5.74. The van der Waals surface area contributed by atoms with Crippen LogP contribution in [0.25, 0.3) is 0 Å². The lowest BCUT2D eigenvalue weighted by Gasteiger charge is -2.35. The highest BCUT2D eigenvalue weighted by molar-refractivity contribution is 7.80. The summed E-state index contributed by atoms with van der Waals surface area (Å²) < 4.78 is 10.7. The van der Waals surface area contributed by atoms with Crippen molar-refractivity contribution in [2.45, 2.75) is 13.0 Å². The van der Waals surface area contributed by atoms with E-state index in [2.05, 4.69) is 24.0 Å². The van der Waals surface area contributed by atoms with Crippen LogP contribution in [-0.2, 0) is 0 Å². The molecule has 0 bridgehead atoms. The predicted octanol–water partition coefficient (Wildman–Crippen LogP) is 0.209. The number of nitrogens with two attached hydrogens (primary N) is 1. The molecule has 0 aliphatic carbocycles. The van der Waals surface area contributed by atoms with E-state index in [0.717, 1.165) is 37.7 Å². The lowest BCUT2D eigenvalue weighted by Crippen LogP contribution is -3.14. The standard InChI is InChI=1S/C15H23N3O2S/c1-11(17-6-8-18(9-7-17)15(16)21)12-4-5-13(19-2)14(10-12)20-3/h4-5,10-11H,6-9H2,1-3H3,(H2,16,21)/p+1/t11-/m0/s1. The number of benzene rings is 1. The number of methoxy groups -OCH3 is 2. The van der Waals surface area contributed by atoms with Gasteiger partial charge in [0.05, 0.1) is 40.4 Å². The average Bonchev–Trinajstić information content (AvgIpc) is 2.53. The normalized spacial score (nSPS) is 17.4. The minimum absolute atomic E-state index is 0.401.